The van der Waals surface area contributed by atoms with Gasteiger partial charge in [0.15, 0.2) is 9.84 Å². The Labute approximate surface area is 118 Å². The number of ether oxygens (including phenoxy) is 1. The molecular weight excluding hydrogens is 282 g/mol. The van der Waals surface area contributed by atoms with E-state index in [0.717, 1.165) is 12.8 Å². The van der Waals surface area contributed by atoms with Crippen molar-refractivity contribution < 1.29 is 13.2 Å². The number of thiocarbonyl (C=S) groups is 1. The van der Waals surface area contributed by atoms with Crippen LogP contribution in [0.15, 0.2) is 29.2 Å². The molecule has 1 aliphatic rings. The summed E-state index contributed by atoms with van der Waals surface area (Å²) in [6.07, 6.45) is 4.05. The molecule has 0 unspecified atom stereocenters. The fourth-order valence-electron chi connectivity index (χ4n) is 1.94. The summed E-state index contributed by atoms with van der Waals surface area (Å²) in [6.45, 7) is 0.572. The van der Waals surface area contributed by atoms with Crippen LogP contribution in [-0.4, -0.2) is 26.3 Å². The van der Waals surface area contributed by atoms with Crippen molar-refractivity contribution in [2.75, 3.05) is 12.9 Å². The molecule has 2 N–H and O–H groups in total. The Kier molecular flexibility index (Phi) is 3.82. The van der Waals surface area contributed by atoms with Crippen LogP contribution < -0.4 is 10.5 Å². The predicted octanol–water partition coefficient (Wildman–Crippen LogP) is 1.93. The Hall–Kier alpha value is -1.14. The van der Waals surface area contributed by atoms with E-state index in [2.05, 4.69) is 0 Å². The Morgan fingerprint density at radius 2 is 1.95 bits per heavy atom. The molecule has 1 fully saturated rings. The van der Waals surface area contributed by atoms with Crippen molar-refractivity contribution in [3.8, 4) is 5.75 Å². The van der Waals surface area contributed by atoms with E-state index in [-0.39, 0.29) is 5.41 Å². The van der Waals surface area contributed by atoms with Crippen LogP contribution in [0.4, 0.5) is 0 Å². The minimum absolute atomic E-state index is 0.0985. The molecule has 0 aliphatic heterocycles. The lowest BCUT2D eigenvalue weighted by atomic mass is 10.0. The van der Waals surface area contributed by atoms with E-state index in [1.54, 1.807) is 24.3 Å². The second-order valence-corrected chi connectivity index (χ2v) is 7.72. The Morgan fingerprint density at radius 3 is 2.37 bits per heavy atom. The summed E-state index contributed by atoms with van der Waals surface area (Å²) in [7, 11) is -3.16. The van der Waals surface area contributed by atoms with E-state index in [0.29, 0.717) is 28.7 Å². The first-order valence-corrected chi connectivity index (χ1v) is 8.32. The van der Waals surface area contributed by atoms with E-state index in [4.69, 9.17) is 22.7 Å². The largest absolute Gasteiger partial charge is 0.493 e. The molecule has 0 heterocycles. The first kappa shape index (κ1) is 14.3. The third-order valence-electron chi connectivity index (χ3n) is 3.30. The highest BCUT2D eigenvalue weighted by molar-refractivity contribution is 7.90. The van der Waals surface area contributed by atoms with Gasteiger partial charge in [-0.2, -0.15) is 0 Å². The highest BCUT2D eigenvalue weighted by atomic mass is 32.2. The predicted molar refractivity (Wildman–Crippen MR) is 78.1 cm³/mol. The molecule has 2 rings (SSSR count). The van der Waals surface area contributed by atoms with Crippen molar-refractivity contribution >= 4 is 27.0 Å². The quantitative estimate of drug-likeness (QED) is 0.813. The fourth-order valence-corrected chi connectivity index (χ4v) is 2.87. The van der Waals surface area contributed by atoms with Crippen LogP contribution in [0.1, 0.15) is 19.3 Å². The number of hydrogen-bond donors (Lipinski definition) is 1. The molecule has 0 atom stereocenters. The fraction of sp³-hybridized carbons (Fsp3) is 0.462. The molecule has 1 aromatic rings. The Bertz CT molecular complexity index is 574. The maximum Gasteiger partial charge on any atom is 0.175 e. The smallest absolute Gasteiger partial charge is 0.175 e. The summed E-state index contributed by atoms with van der Waals surface area (Å²) in [4.78, 5) is 0.817. The van der Waals surface area contributed by atoms with Crippen molar-refractivity contribution in [3.63, 3.8) is 0 Å². The van der Waals surface area contributed by atoms with Gasteiger partial charge in [-0.15, -0.1) is 0 Å². The zero-order valence-electron chi connectivity index (χ0n) is 10.8. The zero-order valence-corrected chi connectivity index (χ0v) is 12.4. The van der Waals surface area contributed by atoms with E-state index in [1.807, 2.05) is 0 Å². The average molecular weight is 299 g/mol. The topological polar surface area (TPSA) is 69.4 Å². The molecular formula is C13H17NO3S2. The molecule has 1 aliphatic carbocycles. The third-order valence-corrected chi connectivity index (χ3v) is 4.58. The van der Waals surface area contributed by atoms with Crippen molar-refractivity contribution in [2.24, 2.45) is 11.1 Å². The SMILES string of the molecule is CS(=O)(=O)c1ccc(OCC2(CC(N)=S)CC2)cc1. The number of rotatable bonds is 6. The molecule has 4 nitrogen and oxygen atoms in total. The summed E-state index contributed by atoms with van der Waals surface area (Å²) in [5.41, 5.74) is 5.66. The Balaban J connectivity index is 1.96. The van der Waals surface area contributed by atoms with E-state index < -0.39 is 9.84 Å². The van der Waals surface area contributed by atoms with Crippen LogP contribution in [0.25, 0.3) is 0 Å². The van der Waals surface area contributed by atoms with Gasteiger partial charge in [0, 0.05) is 18.1 Å². The van der Waals surface area contributed by atoms with Gasteiger partial charge in [-0.05, 0) is 37.1 Å². The van der Waals surface area contributed by atoms with Gasteiger partial charge in [-0.25, -0.2) is 8.42 Å². The molecule has 6 heteroatoms. The van der Waals surface area contributed by atoms with Crippen LogP contribution in [-0.2, 0) is 9.84 Å². The number of nitrogens with two attached hydrogens (primary N) is 1. The molecule has 0 bridgehead atoms. The molecule has 1 saturated carbocycles. The summed E-state index contributed by atoms with van der Waals surface area (Å²) in [5, 5.41) is 0. The van der Waals surface area contributed by atoms with Crippen molar-refractivity contribution in [1.82, 2.24) is 0 Å². The summed E-state index contributed by atoms with van der Waals surface area (Å²) in [5.74, 6) is 0.668. The number of sulfone groups is 1. The van der Waals surface area contributed by atoms with Crippen LogP contribution in [0.2, 0.25) is 0 Å². The second kappa shape index (κ2) is 5.09. The molecule has 0 amide bonds. The zero-order chi connectivity index (χ0) is 14.1. The average Bonchev–Trinajstić information content (AvgIpc) is 3.05. The van der Waals surface area contributed by atoms with Gasteiger partial charge in [-0.3, -0.25) is 0 Å². The summed E-state index contributed by atoms with van der Waals surface area (Å²) < 4.78 is 28.3. The van der Waals surface area contributed by atoms with E-state index in [1.165, 1.54) is 6.26 Å². The van der Waals surface area contributed by atoms with Gasteiger partial charge in [0.2, 0.25) is 0 Å². The lowest BCUT2D eigenvalue weighted by Crippen LogP contribution is -2.21. The van der Waals surface area contributed by atoms with Crippen LogP contribution in [0, 0.1) is 5.41 Å². The maximum absolute atomic E-state index is 11.3. The van der Waals surface area contributed by atoms with E-state index in [9.17, 15) is 8.42 Å². The second-order valence-electron chi connectivity index (χ2n) is 5.18. The third kappa shape index (κ3) is 3.91. The highest BCUT2D eigenvalue weighted by Crippen LogP contribution is 2.49. The summed E-state index contributed by atoms with van der Waals surface area (Å²) >= 11 is 4.93. The lowest BCUT2D eigenvalue weighted by Gasteiger charge is -2.15. The Morgan fingerprint density at radius 1 is 1.37 bits per heavy atom. The molecule has 0 spiro atoms. The molecule has 19 heavy (non-hydrogen) atoms. The van der Waals surface area contributed by atoms with Gasteiger partial charge >= 0.3 is 0 Å². The van der Waals surface area contributed by atoms with Crippen LogP contribution >= 0.6 is 12.2 Å². The first-order chi connectivity index (χ1) is 8.81. The number of benzene rings is 1. The van der Waals surface area contributed by atoms with Crippen molar-refractivity contribution in [2.45, 2.75) is 24.2 Å². The summed E-state index contributed by atoms with van der Waals surface area (Å²) in [6, 6.07) is 6.45. The van der Waals surface area contributed by atoms with Gasteiger partial charge in [0.25, 0.3) is 0 Å². The number of hydrogen-bond acceptors (Lipinski definition) is 4. The van der Waals surface area contributed by atoms with Gasteiger partial charge < -0.3 is 10.5 Å². The lowest BCUT2D eigenvalue weighted by molar-refractivity contribution is 0.239. The van der Waals surface area contributed by atoms with E-state index >= 15 is 0 Å². The molecule has 104 valence electrons. The van der Waals surface area contributed by atoms with Crippen LogP contribution in [0.5, 0.6) is 5.75 Å². The standard InChI is InChI=1S/C13H17NO3S2/c1-19(15,16)11-4-2-10(3-5-11)17-9-13(6-7-13)8-12(14)18/h2-5H,6-9H2,1H3,(H2,14,18). The molecule has 1 aromatic carbocycles. The van der Waals surface area contributed by atoms with Crippen LogP contribution in [0.3, 0.4) is 0 Å². The molecule has 0 radical (unpaired) electrons. The van der Waals surface area contributed by atoms with Gasteiger partial charge in [0.05, 0.1) is 16.5 Å². The molecule has 0 aromatic heterocycles. The van der Waals surface area contributed by atoms with Gasteiger partial charge in [0.1, 0.15) is 5.75 Å². The van der Waals surface area contributed by atoms with Crippen molar-refractivity contribution in [3.05, 3.63) is 24.3 Å². The minimum Gasteiger partial charge on any atom is -0.493 e. The molecule has 0 saturated heterocycles. The monoisotopic (exact) mass is 299 g/mol. The normalized spacial score (nSPS) is 16.9. The van der Waals surface area contributed by atoms with Gasteiger partial charge in [-0.1, -0.05) is 12.2 Å². The highest BCUT2D eigenvalue weighted by Gasteiger charge is 2.43. The maximum atomic E-state index is 11.3. The van der Waals surface area contributed by atoms with Crippen molar-refractivity contribution in [1.29, 1.82) is 0 Å². The minimum atomic E-state index is -3.16. The first-order valence-electron chi connectivity index (χ1n) is 6.02.